The largest absolute Gasteiger partial charge is 0.324 e. The van der Waals surface area contributed by atoms with Crippen molar-refractivity contribution in [2.75, 3.05) is 15.9 Å². The number of aryl methyl sites for hydroxylation is 1. The molecule has 10 heteroatoms. The van der Waals surface area contributed by atoms with Crippen molar-refractivity contribution in [2.45, 2.75) is 26.3 Å². The lowest BCUT2D eigenvalue weighted by Crippen LogP contribution is -2.47. The number of nitrogens with zero attached hydrogens (tertiary/aromatic N) is 2. The predicted octanol–water partition coefficient (Wildman–Crippen LogP) is 3.74. The van der Waals surface area contributed by atoms with Crippen LogP contribution in [-0.2, 0) is 14.8 Å². The standard InChI is InChI=1S/C18H20ClN3O5S/c1-4-17(18(23)20-16-9-8-13(19)10-12(16)2)21(28(3,26)27)14-6-5-7-15(11-14)22(24)25/h5-11,17H,4H2,1-3H3,(H,20,23)/t17-/m1/s1. The van der Waals surface area contributed by atoms with Crippen molar-refractivity contribution < 1.29 is 18.1 Å². The predicted molar refractivity (Wildman–Crippen MR) is 109 cm³/mol. The van der Waals surface area contributed by atoms with E-state index in [0.29, 0.717) is 10.7 Å². The second-order valence-corrected chi connectivity index (χ2v) is 8.50. The first-order valence-corrected chi connectivity index (χ1v) is 10.6. The van der Waals surface area contributed by atoms with Gasteiger partial charge in [0.2, 0.25) is 15.9 Å². The summed E-state index contributed by atoms with van der Waals surface area (Å²) in [7, 11) is -3.90. The first-order valence-electron chi connectivity index (χ1n) is 8.35. The molecule has 0 aliphatic carbocycles. The van der Waals surface area contributed by atoms with Crippen LogP contribution in [0.5, 0.6) is 0 Å². The summed E-state index contributed by atoms with van der Waals surface area (Å²) in [4.78, 5) is 23.3. The minimum absolute atomic E-state index is 0.0477. The molecule has 1 N–H and O–H groups in total. The zero-order valence-corrected chi connectivity index (χ0v) is 17.1. The van der Waals surface area contributed by atoms with Gasteiger partial charge in [-0.2, -0.15) is 0 Å². The van der Waals surface area contributed by atoms with Gasteiger partial charge in [0, 0.05) is 22.8 Å². The molecule has 28 heavy (non-hydrogen) atoms. The molecule has 1 atom stereocenters. The van der Waals surface area contributed by atoms with Crippen molar-refractivity contribution in [3.63, 3.8) is 0 Å². The molecule has 2 aromatic rings. The lowest BCUT2D eigenvalue weighted by molar-refractivity contribution is -0.384. The number of amides is 1. The van der Waals surface area contributed by atoms with Gasteiger partial charge in [0.25, 0.3) is 5.69 Å². The van der Waals surface area contributed by atoms with Gasteiger partial charge in [-0.1, -0.05) is 24.6 Å². The smallest absolute Gasteiger partial charge is 0.271 e. The lowest BCUT2D eigenvalue weighted by Gasteiger charge is -2.30. The van der Waals surface area contributed by atoms with Gasteiger partial charge >= 0.3 is 0 Å². The molecule has 0 aliphatic heterocycles. The van der Waals surface area contributed by atoms with Crippen molar-refractivity contribution in [3.8, 4) is 0 Å². The fourth-order valence-electron chi connectivity index (χ4n) is 2.79. The number of anilines is 2. The Morgan fingerprint density at radius 1 is 1.29 bits per heavy atom. The molecular formula is C18H20ClN3O5S. The lowest BCUT2D eigenvalue weighted by atomic mass is 10.1. The number of nitro benzene ring substituents is 1. The van der Waals surface area contributed by atoms with Crippen LogP contribution in [0.2, 0.25) is 5.02 Å². The molecule has 0 unspecified atom stereocenters. The summed E-state index contributed by atoms with van der Waals surface area (Å²) in [5, 5.41) is 14.3. The van der Waals surface area contributed by atoms with Crippen molar-refractivity contribution in [1.82, 2.24) is 0 Å². The van der Waals surface area contributed by atoms with Crippen LogP contribution in [0.4, 0.5) is 17.1 Å². The zero-order chi connectivity index (χ0) is 21.1. The second-order valence-electron chi connectivity index (χ2n) is 6.21. The summed E-state index contributed by atoms with van der Waals surface area (Å²) in [6, 6.07) is 8.99. The third kappa shape index (κ3) is 4.99. The maximum Gasteiger partial charge on any atom is 0.271 e. The third-order valence-corrected chi connectivity index (χ3v) is 5.49. The molecule has 1 amide bonds. The van der Waals surface area contributed by atoms with Crippen LogP contribution in [0.15, 0.2) is 42.5 Å². The molecule has 2 aromatic carbocycles. The normalized spacial score (nSPS) is 12.3. The topological polar surface area (TPSA) is 110 Å². The SMILES string of the molecule is CC[C@H](C(=O)Nc1ccc(Cl)cc1C)N(c1cccc([N+](=O)[O-])c1)S(C)(=O)=O. The van der Waals surface area contributed by atoms with E-state index in [4.69, 9.17) is 11.6 Å². The van der Waals surface area contributed by atoms with Crippen molar-refractivity contribution in [3.05, 3.63) is 63.2 Å². The molecule has 150 valence electrons. The maximum atomic E-state index is 12.9. The van der Waals surface area contributed by atoms with Gasteiger partial charge < -0.3 is 5.32 Å². The van der Waals surface area contributed by atoms with Crippen LogP contribution in [0.1, 0.15) is 18.9 Å². The number of benzene rings is 2. The zero-order valence-electron chi connectivity index (χ0n) is 15.5. The number of sulfonamides is 1. The number of nitrogens with one attached hydrogen (secondary N) is 1. The molecule has 0 saturated carbocycles. The van der Waals surface area contributed by atoms with Crippen LogP contribution in [0, 0.1) is 17.0 Å². The molecule has 0 aliphatic rings. The van der Waals surface area contributed by atoms with Gasteiger partial charge in [-0.25, -0.2) is 8.42 Å². The fourth-order valence-corrected chi connectivity index (χ4v) is 4.22. The molecule has 0 saturated heterocycles. The van der Waals surface area contributed by atoms with E-state index in [-0.39, 0.29) is 17.8 Å². The van der Waals surface area contributed by atoms with Gasteiger partial charge in [-0.05, 0) is 43.2 Å². The number of non-ortho nitro benzene ring substituents is 1. The van der Waals surface area contributed by atoms with Gasteiger partial charge in [-0.3, -0.25) is 19.2 Å². The third-order valence-electron chi connectivity index (χ3n) is 4.07. The number of carbonyl (C=O) groups excluding carboxylic acids is 1. The van der Waals surface area contributed by atoms with Crippen LogP contribution in [-0.4, -0.2) is 31.5 Å². The number of hydrogen-bond acceptors (Lipinski definition) is 5. The van der Waals surface area contributed by atoms with Crippen LogP contribution < -0.4 is 9.62 Å². The van der Waals surface area contributed by atoms with Crippen molar-refractivity contribution in [2.24, 2.45) is 0 Å². The summed E-state index contributed by atoms with van der Waals surface area (Å²) < 4.78 is 25.8. The highest BCUT2D eigenvalue weighted by molar-refractivity contribution is 7.92. The highest BCUT2D eigenvalue weighted by Crippen LogP contribution is 2.27. The Bertz CT molecular complexity index is 1010. The Hall–Kier alpha value is -2.65. The fraction of sp³-hybridized carbons (Fsp3) is 0.278. The first kappa shape index (κ1) is 21.6. The summed E-state index contributed by atoms with van der Waals surface area (Å²) in [6.45, 7) is 3.42. The highest BCUT2D eigenvalue weighted by Gasteiger charge is 2.32. The molecular weight excluding hydrogens is 406 g/mol. The average Bonchev–Trinajstić information content (AvgIpc) is 2.60. The Kier molecular flexibility index (Phi) is 6.63. The van der Waals surface area contributed by atoms with E-state index in [9.17, 15) is 23.3 Å². The summed E-state index contributed by atoms with van der Waals surface area (Å²) >= 11 is 5.92. The summed E-state index contributed by atoms with van der Waals surface area (Å²) in [6.07, 6.45) is 1.11. The molecule has 0 fully saturated rings. The number of rotatable bonds is 7. The highest BCUT2D eigenvalue weighted by atomic mass is 35.5. The Labute approximate surface area is 168 Å². The quantitative estimate of drug-likeness (QED) is 0.536. The van der Waals surface area contributed by atoms with E-state index >= 15 is 0 Å². The molecule has 0 bridgehead atoms. The minimum Gasteiger partial charge on any atom is -0.324 e. The molecule has 8 nitrogen and oxygen atoms in total. The van der Waals surface area contributed by atoms with E-state index in [2.05, 4.69) is 5.32 Å². The number of halogens is 1. The van der Waals surface area contributed by atoms with Gasteiger partial charge in [0.15, 0.2) is 0 Å². The molecule has 0 aromatic heterocycles. The van der Waals surface area contributed by atoms with E-state index in [0.717, 1.165) is 22.2 Å². The van der Waals surface area contributed by atoms with Crippen LogP contribution in [0.3, 0.4) is 0 Å². The van der Waals surface area contributed by atoms with Crippen LogP contribution in [0.25, 0.3) is 0 Å². The number of carbonyl (C=O) groups is 1. The monoisotopic (exact) mass is 425 g/mol. The van der Waals surface area contributed by atoms with Crippen LogP contribution >= 0.6 is 11.6 Å². The Balaban J connectivity index is 2.44. The molecule has 2 rings (SSSR count). The molecule has 0 heterocycles. The van der Waals surface area contributed by atoms with Gasteiger partial charge in [-0.15, -0.1) is 0 Å². The number of hydrogen-bond donors (Lipinski definition) is 1. The Morgan fingerprint density at radius 3 is 2.50 bits per heavy atom. The molecule has 0 radical (unpaired) electrons. The van der Waals surface area contributed by atoms with E-state index in [1.807, 2.05) is 0 Å². The van der Waals surface area contributed by atoms with Gasteiger partial charge in [0.05, 0.1) is 16.9 Å². The molecule has 0 spiro atoms. The van der Waals surface area contributed by atoms with E-state index in [1.54, 1.807) is 32.0 Å². The van der Waals surface area contributed by atoms with E-state index < -0.39 is 26.9 Å². The number of nitro groups is 1. The van der Waals surface area contributed by atoms with Gasteiger partial charge in [0.1, 0.15) is 6.04 Å². The second kappa shape index (κ2) is 8.57. The Morgan fingerprint density at radius 2 is 1.96 bits per heavy atom. The summed E-state index contributed by atoms with van der Waals surface area (Å²) in [5.41, 5.74) is 0.999. The van der Waals surface area contributed by atoms with Crippen molar-refractivity contribution >= 4 is 44.6 Å². The first-order chi connectivity index (χ1) is 13.0. The minimum atomic E-state index is -3.90. The van der Waals surface area contributed by atoms with Crippen molar-refractivity contribution in [1.29, 1.82) is 0 Å². The summed E-state index contributed by atoms with van der Waals surface area (Å²) in [5.74, 6) is -0.551. The maximum absolute atomic E-state index is 12.9. The van der Waals surface area contributed by atoms with E-state index in [1.165, 1.54) is 18.2 Å². The average molecular weight is 426 g/mol.